The lowest BCUT2D eigenvalue weighted by molar-refractivity contribution is -0.130. The van der Waals surface area contributed by atoms with E-state index < -0.39 is 0 Å². The van der Waals surface area contributed by atoms with E-state index in [-0.39, 0.29) is 17.9 Å². The minimum absolute atomic E-state index is 0.0378. The lowest BCUT2D eigenvalue weighted by Crippen LogP contribution is -2.50. The highest BCUT2D eigenvalue weighted by atomic mass is 16.5. The smallest absolute Gasteiger partial charge is 0.289 e. The largest absolute Gasteiger partial charge is 0.497 e. The van der Waals surface area contributed by atoms with Gasteiger partial charge in [0.1, 0.15) is 5.75 Å². The van der Waals surface area contributed by atoms with E-state index in [4.69, 9.17) is 13.9 Å². The topological polar surface area (TPSA) is 75.5 Å². The highest BCUT2D eigenvalue weighted by Crippen LogP contribution is 2.15. The van der Waals surface area contributed by atoms with Crippen LogP contribution in [0.2, 0.25) is 0 Å². The molecule has 0 N–H and O–H groups in total. The van der Waals surface area contributed by atoms with Gasteiger partial charge in [0.2, 0.25) is 5.91 Å². The third-order valence-electron chi connectivity index (χ3n) is 6.08. The number of hydrogen-bond donors (Lipinski definition) is 0. The van der Waals surface area contributed by atoms with Crippen molar-refractivity contribution in [1.29, 1.82) is 0 Å². The maximum atomic E-state index is 12.8. The van der Waals surface area contributed by atoms with Gasteiger partial charge >= 0.3 is 0 Å². The Morgan fingerprint density at radius 3 is 2.62 bits per heavy atom. The number of carbonyl (C=O) groups excluding carboxylic acids is 2. The van der Waals surface area contributed by atoms with E-state index in [1.54, 1.807) is 24.1 Å². The molecular formula is C24H31N3O5. The first-order chi connectivity index (χ1) is 15.6. The van der Waals surface area contributed by atoms with Crippen molar-refractivity contribution in [3.63, 3.8) is 0 Å². The highest BCUT2D eigenvalue weighted by Gasteiger charge is 2.28. The van der Waals surface area contributed by atoms with Crippen LogP contribution in [0.25, 0.3) is 0 Å². The molecule has 4 rings (SSSR count). The van der Waals surface area contributed by atoms with Crippen LogP contribution in [0.3, 0.4) is 0 Å². The molecule has 0 aliphatic carbocycles. The zero-order valence-electron chi connectivity index (χ0n) is 18.6. The van der Waals surface area contributed by atoms with Gasteiger partial charge in [0.05, 0.1) is 32.5 Å². The maximum Gasteiger partial charge on any atom is 0.289 e. The minimum atomic E-state index is -0.0885. The van der Waals surface area contributed by atoms with Crippen molar-refractivity contribution in [2.45, 2.75) is 18.9 Å². The van der Waals surface area contributed by atoms with Crippen molar-refractivity contribution in [3.8, 4) is 5.75 Å². The molecule has 1 atom stereocenters. The van der Waals surface area contributed by atoms with Gasteiger partial charge in [0.25, 0.3) is 5.91 Å². The average molecular weight is 442 g/mol. The Balaban J connectivity index is 1.25. The summed E-state index contributed by atoms with van der Waals surface area (Å²) in [6.07, 6.45) is 2.81. The second-order valence-electron chi connectivity index (χ2n) is 8.28. The van der Waals surface area contributed by atoms with Crippen LogP contribution >= 0.6 is 0 Å². The summed E-state index contributed by atoms with van der Waals surface area (Å²) in [6.45, 7) is 5.59. The molecule has 3 heterocycles. The van der Waals surface area contributed by atoms with Crippen LogP contribution in [0.15, 0.2) is 47.1 Å². The Kier molecular flexibility index (Phi) is 7.44. The van der Waals surface area contributed by atoms with Crippen molar-refractivity contribution in [1.82, 2.24) is 14.7 Å². The zero-order chi connectivity index (χ0) is 22.3. The van der Waals surface area contributed by atoms with Gasteiger partial charge in [-0.3, -0.25) is 14.5 Å². The van der Waals surface area contributed by atoms with Gasteiger partial charge in [-0.15, -0.1) is 0 Å². The fourth-order valence-electron chi connectivity index (χ4n) is 4.29. The summed E-state index contributed by atoms with van der Waals surface area (Å²) in [4.78, 5) is 31.5. The summed E-state index contributed by atoms with van der Waals surface area (Å²) < 4.78 is 16.4. The molecule has 0 bridgehead atoms. The molecule has 2 amide bonds. The third kappa shape index (κ3) is 5.69. The first kappa shape index (κ1) is 22.4. The predicted octanol–water partition coefficient (Wildman–Crippen LogP) is 1.91. The normalized spacial score (nSPS) is 20.1. The number of benzene rings is 1. The van der Waals surface area contributed by atoms with Crippen LogP contribution in [-0.4, -0.2) is 92.1 Å². The number of nitrogens with zero attached hydrogens (tertiary/aromatic N) is 3. The van der Waals surface area contributed by atoms with Gasteiger partial charge in [0.15, 0.2) is 5.76 Å². The quantitative estimate of drug-likeness (QED) is 0.682. The number of hydrogen-bond acceptors (Lipinski definition) is 6. The van der Waals surface area contributed by atoms with Gasteiger partial charge in [0, 0.05) is 39.3 Å². The summed E-state index contributed by atoms with van der Waals surface area (Å²) in [5.41, 5.74) is 0.994. The third-order valence-corrected chi connectivity index (χ3v) is 6.08. The number of rotatable bonds is 6. The number of ether oxygens (including phenoxy) is 2. The molecule has 2 fully saturated rings. The fourth-order valence-corrected chi connectivity index (χ4v) is 4.29. The second-order valence-corrected chi connectivity index (χ2v) is 8.28. The van der Waals surface area contributed by atoms with Gasteiger partial charge in [-0.1, -0.05) is 12.1 Å². The van der Waals surface area contributed by atoms with Gasteiger partial charge < -0.3 is 23.7 Å². The molecule has 0 spiro atoms. The number of amides is 2. The first-order valence-electron chi connectivity index (χ1n) is 11.2. The Hall–Kier alpha value is -2.84. The van der Waals surface area contributed by atoms with E-state index in [9.17, 15) is 9.59 Å². The molecule has 1 aromatic carbocycles. The van der Waals surface area contributed by atoms with E-state index in [0.29, 0.717) is 38.4 Å². The van der Waals surface area contributed by atoms with Gasteiger partial charge in [-0.2, -0.15) is 0 Å². The van der Waals surface area contributed by atoms with Crippen molar-refractivity contribution < 1.29 is 23.5 Å². The van der Waals surface area contributed by atoms with Crippen LogP contribution in [0.1, 0.15) is 22.5 Å². The molecule has 8 nitrogen and oxygen atoms in total. The molecule has 2 aliphatic heterocycles. The van der Waals surface area contributed by atoms with Crippen molar-refractivity contribution in [3.05, 3.63) is 54.0 Å². The van der Waals surface area contributed by atoms with Crippen molar-refractivity contribution in [2.75, 3.05) is 59.5 Å². The molecule has 0 radical (unpaired) electrons. The lowest BCUT2D eigenvalue weighted by atomic mass is 10.1. The predicted molar refractivity (Wildman–Crippen MR) is 119 cm³/mol. The average Bonchev–Trinajstić information content (AvgIpc) is 3.26. The molecule has 2 aromatic rings. The van der Waals surface area contributed by atoms with Gasteiger partial charge in [-0.25, -0.2) is 0 Å². The van der Waals surface area contributed by atoms with Crippen molar-refractivity contribution in [2.24, 2.45) is 0 Å². The summed E-state index contributed by atoms with van der Waals surface area (Å²) in [7, 11) is 1.63. The van der Waals surface area contributed by atoms with Gasteiger partial charge in [-0.05, 0) is 42.8 Å². The fraction of sp³-hybridized carbons (Fsp3) is 0.500. The molecule has 2 aliphatic rings. The molecule has 32 heavy (non-hydrogen) atoms. The summed E-state index contributed by atoms with van der Waals surface area (Å²) in [6, 6.07) is 11.1. The SMILES string of the molecule is COc1ccc(CC(=O)N2CCCN(CC3CN(C(=O)c4ccco4)CCO3)CC2)cc1. The standard InChI is InChI=1S/C24H31N3O5/c1-30-20-7-5-19(6-8-20)16-23(28)26-10-3-9-25(11-12-26)17-21-18-27(13-15-31-21)24(29)22-4-2-14-32-22/h2,4-8,14,21H,3,9-13,15-18H2,1H3. The first-order valence-corrected chi connectivity index (χ1v) is 11.2. The zero-order valence-corrected chi connectivity index (χ0v) is 18.6. The van der Waals surface area contributed by atoms with Crippen LogP contribution in [0.4, 0.5) is 0 Å². The monoisotopic (exact) mass is 441 g/mol. The molecule has 8 heteroatoms. The molecule has 0 saturated carbocycles. The van der Waals surface area contributed by atoms with Crippen LogP contribution < -0.4 is 4.74 Å². The Labute approximate surface area is 188 Å². The number of methoxy groups -OCH3 is 1. The van der Waals surface area contributed by atoms with Crippen molar-refractivity contribution >= 4 is 11.8 Å². The number of carbonyl (C=O) groups is 2. The minimum Gasteiger partial charge on any atom is -0.497 e. The maximum absolute atomic E-state index is 12.8. The molecule has 2 saturated heterocycles. The number of morpholine rings is 1. The number of furan rings is 1. The Morgan fingerprint density at radius 2 is 1.88 bits per heavy atom. The van der Waals surface area contributed by atoms with E-state index >= 15 is 0 Å². The van der Waals surface area contributed by atoms with E-state index in [2.05, 4.69) is 4.90 Å². The lowest BCUT2D eigenvalue weighted by Gasteiger charge is -2.35. The van der Waals surface area contributed by atoms with E-state index in [0.717, 1.165) is 43.9 Å². The highest BCUT2D eigenvalue weighted by molar-refractivity contribution is 5.91. The molecule has 172 valence electrons. The van der Waals surface area contributed by atoms with Crippen LogP contribution in [0.5, 0.6) is 5.75 Å². The van der Waals surface area contributed by atoms with Crippen LogP contribution in [-0.2, 0) is 16.0 Å². The summed E-state index contributed by atoms with van der Waals surface area (Å²) in [5.74, 6) is 1.23. The van der Waals surface area contributed by atoms with E-state index in [1.807, 2.05) is 29.2 Å². The molecule has 1 aromatic heterocycles. The Bertz CT molecular complexity index is 884. The molecular weight excluding hydrogens is 410 g/mol. The van der Waals surface area contributed by atoms with E-state index in [1.165, 1.54) is 6.26 Å². The second kappa shape index (κ2) is 10.7. The summed E-state index contributed by atoms with van der Waals surface area (Å²) in [5, 5.41) is 0. The molecule has 1 unspecified atom stereocenters. The summed E-state index contributed by atoms with van der Waals surface area (Å²) >= 11 is 0. The van der Waals surface area contributed by atoms with Crippen LogP contribution in [0, 0.1) is 0 Å². The Morgan fingerprint density at radius 1 is 1.03 bits per heavy atom.